The van der Waals surface area contributed by atoms with Gasteiger partial charge < -0.3 is 14.2 Å². The molecule has 4 atom stereocenters. The van der Waals surface area contributed by atoms with E-state index in [1.165, 1.54) is 24.3 Å². The number of anilines is 1. The lowest BCUT2D eigenvalue weighted by Gasteiger charge is -2.34. The van der Waals surface area contributed by atoms with Crippen LogP contribution in [0.5, 0.6) is 0 Å². The second kappa shape index (κ2) is 6.98. The summed E-state index contributed by atoms with van der Waals surface area (Å²) in [5.74, 6) is -5.22. The molecule has 0 spiro atoms. The van der Waals surface area contributed by atoms with Crippen molar-refractivity contribution in [2.24, 2.45) is 11.8 Å². The van der Waals surface area contributed by atoms with Crippen LogP contribution >= 0.6 is 0 Å². The molecule has 0 N–H and O–H groups in total. The smallest absolute Gasteiger partial charge is 0.305 e. The molecule has 2 amide bonds. The fourth-order valence-corrected chi connectivity index (χ4v) is 4.42. The number of benzene rings is 1. The number of carbonyl (C=O) groups is 4. The number of amides is 2. The van der Waals surface area contributed by atoms with Gasteiger partial charge in [-0.1, -0.05) is 12.1 Å². The number of ether oxygens (including phenoxy) is 3. The molecule has 2 bridgehead atoms. The molecule has 11 heteroatoms. The number of aryl methyl sites for hydroxylation is 1. The Labute approximate surface area is 175 Å². The van der Waals surface area contributed by atoms with E-state index in [1.807, 2.05) is 0 Å². The minimum atomic E-state index is -1.71. The minimum Gasteiger partial charge on any atom is -0.422 e. The lowest BCUT2D eigenvalue weighted by molar-refractivity contribution is -0.384. The molecular formula is C20H18N2O9. The number of rotatable bonds is 5. The molecule has 31 heavy (non-hydrogen) atoms. The number of nitro groups is 1. The Hall–Kier alpha value is -3.60. The number of esters is 2. The first-order valence-electron chi connectivity index (χ1n) is 9.41. The van der Waals surface area contributed by atoms with Gasteiger partial charge in [-0.3, -0.25) is 29.3 Å². The molecule has 2 fully saturated rings. The summed E-state index contributed by atoms with van der Waals surface area (Å²) in [6, 6.07) is 4.16. The van der Waals surface area contributed by atoms with Crippen LogP contribution in [-0.4, -0.2) is 46.7 Å². The highest BCUT2D eigenvalue weighted by Gasteiger charge is 2.72. The third kappa shape index (κ3) is 3.00. The molecule has 11 nitrogen and oxygen atoms in total. The van der Waals surface area contributed by atoms with Gasteiger partial charge in [0.25, 0.3) is 12.0 Å². The van der Waals surface area contributed by atoms with E-state index in [0.29, 0.717) is 5.56 Å². The highest BCUT2D eigenvalue weighted by molar-refractivity contribution is 6.24. The van der Waals surface area contributed by atoms with Crippen molar-refractivity contribution < 1.29 is 38.3 Å². The van der Waals surface area contributed by atoms with Crippen LogP contribution in [0.3, 0.4) is 0 Å². The van der Waals surface area contributed by atoms with Gasteiger partial charge in [0.2, 0.25) is 11.8 Å². The zero-order chi connectivity index (χ0) is 22.7. The van der Waals surface area contributed by atoms with E-state index in [9.17, 15) is 29.3 Å². The van der Waals surface area contributed by atoms with Crippen molar-refractivity contribution in [3.63, 3.8) is 0 Å². The summed E-state index contributed by atoms with van der Waals surface area (Å²) >= 11 is 0. The molecule has 1 aromatic rings. The van der Waals surface area contributed by atoms with Crippen molar-refractivity contribution in [2.75, 3.05) is 4.90 Å². The van der Waals surface area contributed by atoms with Crippen LogP contribution < -0.4 is 4.90 Å². The van der Waals surface area contributed by atoms with Gasteiger partial charge in [-0.05, 0) is 24.6 Å². The minimum absolute atomic E-state index is 0.161. The number of fused-ring (bicyclic) bond motifs is 5. The van der Waals surface area contributed by atoms with Gasteiger partial charge in [0.15, 0.2) is 5.60 Å². The Morgan fingerprint density at radius 3 is 2.42 bits per heavy atom. The summed E-state index contributed by atoms with van der Waals surface area (Å²) < 4.78 is 16.1. The third-order valence-corrected chi connectivity index (χ3v) is 5.56. The first kappa shape index (κ1) is 20.7. The number of nitrogens with zero attached hydrogens (tertiary/aromatic N) is 2. The number of imide groups is 1. The van der Waals surface area contributed by atoms with Crippen LogP contribution in [0.2, 0.25) is 0 Å². The predicted molar refractivity (Wildman–Crippen MR) is 101 cm³/mol. The molecule has 0 aliphatic carbocycles. The van der Waals surface area contributed by atoms with Crippen LogP contribution in [0.25, 0.3) is 0 Å². The van der Waals surface area contributed by atoms with Crippen LogP contribution in [0.15, 0.2) is 30.4 Å². The maximum atomic E-state index is 13.4. The topological polar surface area (TPSA) is 142 Å². The fraction of sp³-hybridized carbons (Fsp3) is 0.400. The van der Waals surface area contributed by atoms with E-state index in [2.05, 4.69) is 0 Å². The molecule has 3 aliphatic heterocycles. The average Bonchev–Trinajstić information content (AvgIpc) is 3.32. The van der Waals surface area contributed by atoms with Gasteiger partial charge in [-0.15, -0.1) is 0 Å². The second-order valence-electron chi connectivity index (χ2n) is 7.61. The molecule has 2 saturated heterocycles. The van der Waals surface area contributed by atoms with Crippen molar-refractivity contribution in [3.8, 4) is 0 Å². The van der Waals surface area contributed by atoms with Gasteiger partial charge >= 0.3 is 11.9 Å². The van der Waals surface area contributed by atoms with Gasteiger partial charge in [-0.2, -0.15) is 0 Å². The van der Waals surface area contributed by atoms with E-state index < -0.39 is 64.2 Å². The fourth-order valence-electron chi connectivity index (χ4n) is 4.42. The van der Waals surface area contributed by atoms with E-state index >= 15 is 0 Å². The molecular weight excluding hydrogens is 412 g/mol. The standard InChI is InChI=1S/C20H18N2O9/c1-9-4-5-12(13(8-9)22(27)28)21-17(25)15-14-6-7-20(31-14,16(15)18(21)26)19(29-10(2)23)30-11(3)24/h4-8,14-16,19H,1-3H3/t14-,15-,16+,20+/m1/s1. The molecule has 162 valence electrons. The Bertz CT molecular complexity index is 1050. The summed E-state index contributed by atoms with van der Waals surface area (Å²) in [4.78, 5) is 61.5. The summed E-state index contributed by atoms with van der Waals surface area (Å²) in [5, 5.41) is 11.5. The van der Waals surface area contributed by atoms with Crippen molar-refractivity contribution in [1.82, 2.24) is 0 Å². The molecule has 0 unspecified atom stereocenters. The Morgan fingerprint density at radius 1 is 1.19 bits per heavy atom. The summed E-state index contributed by atoms with van der Waals surface area (Å²) in [6.07, 6.45) is 0.514. The van der Waals surface area contributed by atoms with Crippen LogP contribution in [0, 0.1) is 28.9 Å². The Morgan fingerprint density at radius 2 is 1.84 bits per heavy atom. The summed E-state index contributed by atoms with van der Waals surface area (Å²) in [6.45, 7) is 3.84. The molecule has 3 aliphatic rings. The Balaban J connectivity index is 1.79. The predicted octanol–water partition coefficient (Wildman–Crippen LogP) is 1.17. The first-order valence-corrected chi connectivity index (χ1v) is 9.41. The maximum absolute atomic E-state index is 13.4. The molecule has 1 aromatic carbocycles. The largest absolute Gasteiger partial charge is 0.422 e. The van der Waals surface area contributed by atoms with Gasteiger partial charge in [0, 0.05) is 19.9 Å². The molecule has 0 radical (unpaired) electrons. The highest BCUT2D eigenvalue weighted by atomic mass is 16.7. The average molecular weight is 430 g/mol. The molecule has 0 saturated carbocycles. The SMILES string of the molecule is CC(=O)OC(OC(C)=O)[C@@]12C=C[C@@H](O1)[C@H]1C(=O)N(c3ccc(C)cc3[N+](=O)[O-])C(=O)[C@H]12. The van der Waals surface area contributed by atoms with Gasteiger partial charge in [0.1, 0.15) is 5.69 Å². The second-order valence-corrected chi connectivity index (χ2v) is 7.61. The van der Waals surface area contributed by atoms with E-state index in [4.69, 9.17) is 14.2 Å². The lowest BCUT2D eigenvalue weighted by atomic mass is 9.76. The maximum Gasteiger partial charge on any atom is 0.305 e. The molecule has 3 heterocycles. The van der Waals surface area contributed by atoms with E-state index in [1.54, 1.807) is 13.0 Å². The summed E-state index contributed by atoms with van der Waals surface area (Å²) in [7, 11) is 0. The van der Waals surface area contributed by atoms with E-state index in [-0.39, 0.29) is 5.69 Å². The molecule has 0 aromatic heterocycles. The zero-order valence-electron chi connectivity index (χ0n) is 16.8. The Kier molecular flexibility index (Phi) is 4.65. The number of nitro benzene ring substituents is 1. The van der Waals surface area contributed by atoms with Crippen LogP contribution in [0.4, 0.5) is 11.4 Å². The normalized spacial score (nSPS) is 28.3. The summed E-state index contributed by atoms with van der Waals surface area (Å²) in [5.41, 5.74) is -1.69. The highest BCUT2D eigenvalue weighted by Crippen LogP contribution is 2.55. The lowest BCUT2D eigenvalue weighted by Crippen LogP contribution is -2.52. The van der Waals surface area contributed by atoms with Crippen LogP contribution in [0.1, 0.15) is 19.4 Å². The zero-order valence-corrected chi connectivity index (χ0v) is 16.8. The third-order valence-electron chi connectivity index (χ3n) is 5.56. The van der Waals surface area contributed by atoms with Crippen molar-refractivity contribution in [3.05, 3.63) is 46.0 Å². The van der Waals surface area contributed by atoms with Gasteiger partial charge in [0.05, 0.1) is 22.9 Å². The monoisotopic (exact) mass is 430 g/mol. The van der Waals surface area contributed by atoms with Crippen molar-refractivity contribution in [2.45, 2.75) is 38.8 Å². The van der Waals surface area contributed by atoms with Gasteiger partial charge in [-0.25, -0.2) is 4.90 Å². The molecule has 4 rings (SSSR count). The number of carbonyl (C=O) groups excluding carboxylic acids is 4. The quantitative estimate of drug-likeness (QED) is 0.168. The van der Waals surface area contributed by atoms with E-state index in [0.717, 1.165) is 18.7 Å². The van der Waals surface area contributed by atoms with Crippen molar-refractivity contribution >= 4 is 35.1 Å². The number of hydrogen-bond donors (Lipinski definition) is 0. The van der Waals surface area contributed by atoms with Crippen molar-refractivity contribution in [1.29, 1.82) is 0 Å². The number of hydrogen-bond acceptors (Lipinski definition) is 9. The van der Waals surface area contributed by atoms with Crippen LogP contribution in [-0.2, 0) is 33.4 Å². The first-order chi connectivity index (χ1) is 14.6.